The van der Waals surface area contributed by atoms with Gasteiger partial charge >= 0.3 is 12.1 Å². The quantitative estimate of drug-likeness (QED) is 0.236. The molecule has 3 aromatic carbocycles. The van der Waals surface area contributed by atoms with E-state index in [4.69, 9.17) is 16.3 Å². The number of aryl methyl sites for hydroxylation is 2. The fourth-order valence-electron chi connectivity index (χ4n) is 5.41. The van der Waals surface area contributed by atoms with E-state index < -0.39 is 69.9 Å². The molecule has 0 unspecified atom stereocenters. The fraction of sp³-hybridized carbons (Fsp3) is 0.219. The summed E-state index contributed by atoms with van der Waals surface area (Å²) in [6.07, 6.45) is -5.20. The standard InChI is InChI=1S/C32H24ClF5N2O5/c1-15-4-3-5-24-26(15)18-10-16(2)28(35)20(12-18)23(13-25(41)42)39-30(43)29(19-11-17(14-45-24)6-7-22(19)34)40-9-8-21(32(36,37)38)27(33)31(40)44/h3-12,23,29H,13-14H2,1-2H3,(H,39,43)(H,41,42)/t23-,29+/m1/s1. The molecule has 4 bridgehead atoms. The highest BCUT2D eigenvalue weighted by molar-refractivity contribution is 6.31. The minimum atomic E-state index is -5.01. The van der Waals surface area contributed by atoms with Gasteiger partial charge in [0.1, 0.15) is 35.1 Å². The van der Waals surface area contributed by atoms with Crippen LogP contribution in [0.4, 0.5) is 22.0 Å². The van der Waals surface area contributed by atoms with Gasteiger partial charge in [-0.2, -0.15) is 13.2 Å². The van der Waals surface area contributed by atoms with Gasteiger partial charge in [0.25, 0.3) is 5.56 Å². The van der Waals surface area contributed by atoms with Crippen molar-refractivity contribution in [3.8, 4) is 16.9 Å². The Labute approximate surface area is 257 Å². The van der Waals surface area contributed by atoms with E-state index in [1.54, 1.807) is 31.2 Å². The highest BCUT2D eigenvalue weighted by Gasteiger charge is 2.37. The molecule has 0 aliphatic carbocycles. The SMILES string of the molecule is Cc1cc2cc(c1F)[C@@H](CC(=O)O)NC(=O)[C@@H](n1ccc(C(F)(F)F)c(Cl)c1=O)c1cc(ccc1F)COc1cccc(C)c1-2. The molecule has 1 aliphatic rings. The zero-order valence-electron chi connectivity index (χ0n) is 23.6. The summed E-state index contributed by atoms with van der Waals surface area (Å²) in [7, 11) is 0. The Hall–Kier alpha value is -4.71. The summed E-state index contributed by atoms with van der Waals surface area (Å²) < 4.78 is 78.2. The van der Waals surface area contributed by atoms with Crippen LogP contribution in [0.5, 0.6) is 5.75 Å². The number of carboxylic acids is 1. The number of aromatic nitrogens is 1. The summed E-state index contributed by atoms with van der Waals surface area (Å²) >= 11 is 5.81. The number of carbonyl (C=O) groups excluding carboxylic acids is 1. The molecule has 2 heterocycles. The van der Waals surface area contributed by atoms with Crippen LogP contribution in [0.15, 0.2) is 65.6 Å². The van der Waals surface area contributed by atoms with Crippen LogP contribution < -0.4 is 15.6 Å². The number of nitrogens with one attached hydrogen (secondary N) is 1. The summed E-state index contributed by atoms with van der Waals surface area (Å²) in [5, 5.41) is 10.9. The number of fused-ring (bicyclic) bond motifs is 6. The first-order valence-electron chi connectivity index (χ1n) is 13.5. The Morgan fingerprint density at radius 2 is 1.78 bits per heavy atom. The third kappa shape index (κ3) is 6.15. The normalized spacial score (nSPS) is 16.7. The molecule has 7 nitrogen and oxygen atoms in total. The van der Waals surface area contributed by atoms with Crippen LogP contribution in [-0.2, 0) is 22.4 Å². The summed E-state index contributed by atoms with van der Waals surface area (Å²) in [4.78, 5) is 39.1. The number of nitrogens with zero attached hydrogens (tertiary/aromatic N) is 1. The topological polar surface area (TPSA) is 97.6 Å². The molecule has 234 valence electrons. The molecule has 1 aromatic heterocycles. The van der Waals surface area contributed by atoms with Crippen molar-refractivity contribution in [2.75, 3.05) is 0 Å². The Balaban J connectivity index is 1.79. The number of rotatable bonds is 3. The average molecular weight is 647 g/mol. The number of hydrogen-bond donors (Lipinski definition) is 2. The smallest absolute Gasteiger partial charge is 0.418 e. The summed E-state index contributed by atoms with van der Waals surface area (Å²) in [5.74, 6) is -4.09. The number of ether oxygens (including phenoxy) is 1. The molecular weight excluding hydrogens is 623 g/mol. The molecule has 45 heavy (non-hydrogen) atoms. The zero-order valence-corrected chi connectivity index (χ0v) is 24.4. The highest BCUT2D eigenvalue weighted by Crippen LogP contribution is 2.38. The van der Waals surface area contributed by atoms with Gasteiger partial charge < -0.3 is 15.2 Å². The molecule has 5 rings (SSSR count). The van der Waals surface area contributed by atoms with E-state index in [1.165, 1.54) is 25.1 Å². The van der Waals surface area contributed by atoms with Crippen molar-refractivity contribution in [2.24, 2.45) is 0 Å². The molecule has 0 radical (unpaired) electrons. The number of hydrogen-bond acceptors (Lipinski definition) is 4. The lowest BCUT2D eigenvalue weighted by atomic mass is 9.91. The molecular formula is C32H24ClF5N2O5. The predicted molar refractivity (Wildman–Crippen MR) is 154 cm³/mol. The first-order chi connectivity index (χ1) is 21.2. The van der Waals surface area contributed by atoms with E-state index in [2.05, 4.69) is 5.32 Å². The zero-order chi connectivity index (χ0) is 32.8. The Bertz CT molecular complexity index is 1910. The van der Waals surface area contributed by atoms with Gasteiger partial charge in [0.2, 0.25) is 5.91 Å². The molecule has 2 atom stereocenters. The number of benzene rings is 3. The number of carbonyl (C=O) groups is 2. The summed E-state index contributed by atoms with van der Waals surface area (Å²) in [5.41, 5.74) is -1.38. The van der Waals surface area contributed by atoms with E-state index >= 15 is 8.78 Å². The summed E-state index contributed by atoms with van der Waals surface area (Å²) in [6.45, 7) is 3.10. The fourth-order valence-corrected chi connectivity index (χ4v) is 5.68. The molecule has 0 fully saturated rings. The van der Waals surface area contributed by atoms with Crippen LogP contribution in [-0.4, -0.2) is 21.6 Å². The molecule has 0 saturated carbocycles. The number of carboxylic acid groups (broad SMARTS) is 1. The van der Waals surface area contributed by atoms with Crippen molar-refractivity contribution >= 4 is 23.5 Å². The van der Waals surface area contributed by atoms with Gasteiger partial charge in [-0.15, -0.1) is 0 Å². The third-order valence-electron chi connectivity index (χ3n) is 7.52. The maximum absolute atomic E-state index is 15.7. The monoisotopic (exact) mass is 646 g/mol. The minimum Gasteiger partial charge on any atom is -0.488 e. The van der Waals surface area contributed by atoms with Crippen LogP contribution in [0.3, 0.4) is 0 Å². The maximum Gasteiger partial charge on any atom is 0.418 e. The molecule has 1 aliphatic heterocycles. The van der Waals surface area contributed by atoms with Gasteiger partial charge in [0.15, 0.2) is 0 Å². The predicted octanol–water partition coefficient (Wildman–Crippen LogP) is 6.90. The molecule has 0 spiro atoms. The lowest BCUT2D eigenvalue weighted by molar-refractivity contribution is -0.138. The second-order valence-electron chi connectivity index (χ2n) is 10.6. The van der Waals surface area contributed by atoms with Gasteiger partial charge in [-0.1, -0.05) is 29.8 Å². The van der Waals surface area contributed by atoms with Crippen LogP contribution in [0.1, 0.15) is 51.9 Å². The first kappa shape index (κ1) is 31.7. The lowest BCUT2D eigenvalue weighted by Gasteiger charge is -2.27. The van der Waals surface area contributed by atoms with Crippen LogP contribution >= 0.6 is 11.6 Å². The van der Waals surface area contributed by atoms with Gasteiger partial charge in [-0.25, -0.2) is 8.78 Å². The molecule has 13 heteroatoms. The van der Waals surface area contributed by atoms with Crippen molar-refractivity contribution in [3.05, 3.63) is 121 Å². The van der Waals surface area contributed by atoms with Gasteiger partial charge in [-0.3, -0.25) is 19.0 Å². The van der Waals surface area contributed by atoms with Gasteiger partial charge in [0, 0.05) is 22.9 Å². The number of pyridine rings is 1. The van der Waals surface area contributed by atoms with Crippen molar-refractivity contribution in [1.29, 1.82) is 0 Å². The maximum atomic E-state index is 15.7. The third-order valence-corrected chi connectivity index (χ3v) is 7.88. The molecule has 1 amide bonds. The van der Waals surface area contributed by atoms with Crippen LogP contribution in [0.25, 0.3) is 11.1 Å². The number of halogens is 6. The Kier molecular flexibility index (Phi) is 8.45. The Morgan fingerprint density at radius 1 is 1.04 bits per heavy atom. The Morgan fingerprint density at radius 3 is 2.47 bits per heavy atom. The van der Waals surface area contributed by atoms with E-state index in [1.807, 2.05) is 0 Å². The number of aliphatic carboxylic acids is 1. The second-order valence-corrected chi connectivity index (χ2v) is 11.0. The summed E-state index contributed by atoms with van der Waals surface area (Å²) in [6, 6.07) is 8.60. The van der Waals surface area contributed by atoms with Crippen LogP contribution in [0.2, 0.25) is 5.02 Å². The van der Waals surface area contributed by atoms with Gasteiger partial charge in [0.05, 0.1) is 18.0 Å². The van der Waals surface area contributed by atoms with Crippen molar-refractivity contribution in [2.45, 2.75) is 45.1 Å². The lowest BCUT2D eigenvalue weighted by Crippen LogP contribution is -2.41. The van der Waals surface area contributed by atoms with E-state index in [9.17, 15) is 32.7 Å². The average Bonchev–Trinajstić information content (AvgIpc) is 2.95. The molecule has 0 saturated heterocycles. The number of amides is 1. The second kappa shape index (κ2) is 12.0. The van der Waals surface area contributed by atoms with Gasteiger partial charge in [-0.05, 0) is 72.5 Å². The van der Waals surface area contributed by atoms with Crippen LogP contribution in [0, 0.1) is 25.5 Å². The highest BCUT2D eigenvalue weighted by atomic mass is 35.5. The largest absolute Gasteiger partial charge is 0.488 e. The first-order valence-corrected chi connectivity index (χ1v) is 13.9. The molecule has 2 N–H and O–H groups in total. The van der Waals surface area contributed by atoms with Crippen molar-refractivity contribution < 1.29 is 41.4 Å². The van der Waals surface area contributed by atoms with Crippen molar-refractivity contribution in [1.82, 2.24) is 9.88 Å². The van der Waals surface area contributed by atoms with E-state index in [0.29, 0.717) is 39.3 Å². The number of alkyl halides is 3. The van der Waals surface area contributed by atoms with E-state index in [0.717, 1.165) is 11.6 Å². The molecule has 4 aromatic rings. The van der Waals surface area contributed by atoms with E-state index in [-0.39, 0.29) is 17.7 Å². The minimum absolute atomic E-state index is 0.118. The van der Waals surface area contributed by atoms with Crippen molar-refractivity contribution in [3.63, 3.8) is 0 Å².